The highest BCUT2D eigenvalue weighted by Crippen LogP contribution is 2.24. The van der Waals surface area contributed by atoms with Crippen LogP contribution in [0.2, 0.25) is 0 Å². The second-order valence-electron chi connectivity index (χ2n) is 5.70. The van der Waals surface area contributed by atoms with Crippen molar-refractivity contribution >= 4 is 27.5 Å². The second-order valence-corrected chi connectivity index (χ2v) is 6.73. The molecule has 3 heterocycles. The Hall–Kier alpha value is -1.50. The summed E-state index contributed by atoms with van der Waals surface area (Å²) in [5, 5.41) is 0.999. The van der Waals surface area contributed by atoms with Crippen LogP contribution in [0.15, 0.2) is 18.2 Å². The smallest absolute Gasteiger partial charge is 0.258 e. The van der Waals surface area contributed by atoms with Crippen LogP contribution in [-0.2, 0) is 6.42 Å². The molecule has 1 fully saturated rings. The molecule has 1 saturated heterocycles. The monoisotopic (exact) mass is 318 g/mol. The first kappa shape index (κ1) is 15.4. The maximum atomic E-state index is 11.2. The maximum Gasteiger partial charge on any atom is 0.258 e. The summed E-state index contributed by atoms with van der Waals surface area (Å²) in [6, 6.07) is 5.92. The molecule has 1 aliphatic heterocycles. The minimum atomic E-state index is -0.377. The van der Waals surface area contributed by atoms with Gasteiger partial charge in [0, 0.05) is 50.2 Å². The zero-order valence-corrected chi connectivity index (χ0v) is 13.7. The van der Waals surface area contributed by atoms with E-state index in [9.17, 15) is 4.79 Å². The molecule has 0 unspecified atom stereocenters. The van der Waals surface area contributed by atoms with Gasteiger partial charge in [-0.05, 0) is 18.7 Å². The molecule has 3 rings (SSSR count). The first-order valence-electron chi connectivity index (χ1n) is 7.79. The quantitative estimate of drug-likeness (QED) is 0.909. The van der Waals surface area contributed by atoms with Gasteiger partial charge in [0.1, 0.15) is 4.83 Å². The summed E-state index contributed by atoms with van der Waals surface area (Å²) >= 11 is 1.38. The normalized spacial score (nSPS) is 17.1. The second kappa shape index (κ2) is 6.73. The summed E-state index contributed by atoms with van der Waals surface area (Å²) in [6.45, 7) is 9.01. The van der Waals surface area contributed by atoms with Gasteiger partial charge in [0.15, 0.2) is 0 Å². The number of fused-ring (bicyclic) bond motifs is 1. The van der Waals surface area contributed by atoms with Gasteiger partial charge in [0.25, 0.3) is 5.91 Å². The van der Waals surface area contributed by atoms with Crippen molar-refractivity contribution in [1.29, 1.82) is 0 Å². The first-order chi connectivity index (χ1) is 10.7. The molecule has 0 aliphatic carbocycles. The fourth-order valence-corrected chi connectivity index (χ4v) is 3.72. The lowest BCUT2D eigenvalue weighted by Crippen LogP contribution is -2.46. The van der Waals surface area contributed by atoms with E-state index in [0.29, 0.717) is 4.88 Å². The van der Waals surface area contributed by atoms with Crippen molar-refractivity contribution in [2.24, 2.45) is 5.73 Å². The molecule has 2 N–H and O–H groups in total. The van der Waals surface area contributed by atoms with Crippen LogP contribution in [0.5, 0.6) is 0 Å². The highest BCUT2D eigenvalue weighted by atomic mass is 32.1. The molecule has 0 bridgehead atoms. The number of pyridine rings is 1. The Labute approximate surface area is 134 Å². The van der Waals surface area contributed by atoms with Gasteiger partial charge in [-0.25, -0.2) is 4.98 Å². The number of hydrogen-bond acceptors (Lipinski definition) is 5. The molecule has 0 radical (unpaired) electrons. The van der Waals surface area contributed by atoms with E-state index in [1.807, 2.05) is 12.1 Å². The van der Waals surface area contributed by atoms with Crippen molar-refractivity contribution in [2.45, 2.75) is 13.3 Å². The highest BCUT2D eigenvalue weighted by molar-refractivity contribution is 7.20. The lowest BCUT2D eigenvalue weighted by Gasteiger charge is -2.33. The van der Waals surface area contributed by atoms with Crippen molar-refractivity contribution in [3.8, 4) is 0 Å². The summed E-state index contributed by atoms with van der Waals surface area (Å²) in [6.07, 6.45) is 0.950. The van der Waals surface area contributed by atoms with Crippen molar-refractivity contribution in [1.82, 2.24) is 14.8 Å². The van der Waals surface area contributed by atoms with E-state index in [0.717, 1.165) is 61.6 Å². The number of nitrogens with zero attached hydrogens (tertiary/aromatic N) is 3. The zero-order chi connectivity index (χ0) is 15.5. The van der Waals surface area contributed by atoms with Crippen molar-refractivity contribution in [2.75, 3.05) is 39.3 Å². The van der Waals surface area contributed by atoms with Gasteiger partial charge >= 0.3 is 0 Å². The van der Waals surface area contributed by atoms with E-state index >= 15 is 0 Å². The van der Waals surface area contributed by atoms with Gasteiger partial charge in [-0.1, -0.05) is 13.0 Å². The minimum Gasteiger partial charge on any atom is -0.365 e. The molecule has 1 aliphatic rings. The van der Waals surface area contributed by atoms with Gasteiger partial charge in [-0.3, -0.25) is 4.79 Å². The third-order valence-corrected chi connectivity index (χ3v) is 5.34. The lowest BCUT2D eigenvalue weighted by molar-refractivity contribution is 0.100. The van der Waals surface area contributed by atoms with Crippen LogP contribution in [0.25, 0.3) is 10.2 Å². The maximum absolute atomic E-state index is 11.2. The number of carbonyl (C=O) groups excluding carboxylic acids is 1. The molecule has 2 aromatic heterocycles. The average molecular weight is 318 g/mol. The van der Waals surface area contributed by atoms with Crippen LogP contribution in [0.3, 0.4) is 0 Å². The van der Waals surface area contributed by atoms with Crippen LogP contribution in [0.1, 0.15) is 22.3 Å². The number of piperazine rings is 1. The number of rotatable bonds is 5. The van der Waals surface area contributed by atoms with Gasteiger partial charge < -0.3 is 15.5 Å². The molecule has 0 atom stereocenters. The number of amides is 1. The summed E-state index contributed by atoms with van der Waals surface area (Å²) in [7, 11) is 0. The molecule has 6 heteroatoms. The summed E-state index contributed by atoms with van der Waals surface area (Å²) in [5.41, 5.74) is 6.41. The number of nitrogens with two attached hydrogens (primary N) is 1. The van der Waals surface area contributed by atoms with Crippen LogP contribution >= 0.6 is 11.3 Å². The standard InChI is InChI=1S/C16H22N4OS/c1-2-19-7-9-20(10-8-19)6-5-13-4-3-12-11-14(15(17)21)22-16(12)18-13/h3-4,11H,2,5-10H2,1H3,(H2,17,21). The summed E-state index contributed by atoms with van der Waals surface area (Å²) in [5.74, 6) is -0.377. The summed E-state index contributed by atoms with van der Waals surface area (Å²) < 4.78 is 0. The van der Waals surface area contributed by atoms with Crippen LogP contribution in [-0.4, -0.2) is 60.0 Å². The third-order valence-electron chi connectivity index (χ3n) is 4.28. The van der Waals surface area contributed by atoms with Crippen LogP contribution < -0.4 is 5.73 Å². The highest BCUT2D eigenvalue weighted by Gasteiger charge is 2.15. The fraction of sp³-hybridized carbons (Fsp3) is 0.500. The fourth-order valence-electron chi connectivity index (χ4n) is 2.82. The third kappa shape index (κ3) is 3.45. The zero-order valence-electron chi connectivity index (χ0n) is 12.9. The number of primary amides is 1. The number of likely N-dealkylation sites (N-methyl/N-ethyl adjacent to an activating group) is 1. The van der Waals surface area contributed by atoms with Crippen LogP contribution in [0, 0.1) is 0 Å². The number of hydrogen-bond donors (Lipinski definition) is 1. The molecule has 0 spiro atoms. The molecule has 118 valence electrons. The Bertz CT molecular complexity index is 661. The Balaban J connectivity index is 1.61. The van der Waals surface area contributed by atoms with E-state index in [1.165, 1.54) is 11.3 Å². The Morgan fingerprint density at radius 2 is 2.00 bits per heavy atom. The Morgan fingerprint density at radius 1 is 1.27 bits per heavy atom. The number of carbonyl (C=O) groups is 1. The summed E-state index contributed by atoms with van der Waals surface area (Å²) in [4.78, 5) is 22.4. The molecule has 1 amide bonds. The number of aromatic nitrogens is 1. The van der Waals surface area contributed by atoms with E-state index < -0.39 is 0 Å². The minimum absolute atomic E-state index is 0.377. The van der Waals surface area contributed by atoms with Gasteiger partial charge in [-0.15, -0.1) is 11.3 Å². The number of thiophene rings is 1. The van der Waals surface area contributed by atoms with Gasteiger partial charge in [0.05, 0.1) is 4.88 Å². The van der Waals surface area contributed by atoms with E-state index in [-0.39, 0.29) is 5.91 Å². The Morgan fingerprint density at radius 3 is 2.68 bits per heavy atom. The van der Waals surface area contributed by atoms with E-state index in [4.69, 9.17) is 5.73 Å². The molecule has 2 aromatic rings. The molecule has 5 nitrogen and oxygen atoms in total. The van der Waals surface area contributed by atoms with Crippen molar-refractivity contribution in [3.63, 3.8) is 0 Å². The lowest BCUT2D eigenvalue weighted by atomic mass is 10.2. The molecule has 0 aromatic carbocycles. The molecule has 0 saturated carbocycles. The van der Waals surface area contributed by atoms with E-state index in [1.54, 1.807) is 0 Å². The van der Waals surface area contributed by atoms with Gasteiger partial charge in [0.2, 0.25) is 0 Å². The first-order valence-corrected chi connectivity index (χ1v) is 8.61. The predicted molar refractivity (Wildman–Crippen MR) is 90.4 cm³/mol. The molecular formula is C16H22N4OS. The molecular weight excluding hydrogens is 296 g/mol. The SMILES string of the molecule is CCN1CCN(CCc2ccc3cc(C(N)=O)sc3n2)CC1. The predicted octanol–water partition coefficient (Wildman–Crippen LogP) is 1.58. The van der Waals surface area contributed by atoms with Gasteiger partial charge in [-0.2, -0.15) is 0 Å². The topological polar surface area (TPSA) is 62.5 Å². The van der Waals surface area contributed by atoms with E-state index in [2.05, 4.69) is 27.8 Å². The molecule has 22 heavy (non-hydrogen) atoms. The van der Waals surface area contributed by atoms with Crippen molar-refractivity contribution in [3.05, 3.63) is 28.8 Å². The largest absolute Gasteiger partial charge is 0.365 e. The average Bonchev–Trinajstić information content (AvgIpc) is 2.97. The van der Waals surface area contributed by atoms with Crippen molar-refractivity contribution < 1.29 is 4.79 Å². The van der Waals surface area contributed by atoms with Crippen LogP contribution in [0.4, 0.5) is 0 Å². The Kier molecular flexibility index (Phi) is 4.71.